The first-order valence-corrected chi connectivity index (χ1v) is 7.17. The molecule has 1 aromatic carbocycles. The van der Waals surface area contributed by atoms with Crippen molar-refractivity contribution in [2.75, 3.05) is 18.0 Å². The molecule has 3 rings (SSSR count). The van der Waals surface area contributed by atoms with Gasteiger partial charge in [-0.15, -0.1) is 0 Å². The highest BCUT2D eigenvalue weighted by Crippen LogP contribution is 2.37. The molecule has 1 saturated heterocycles. The smallest absolute Gasteiger partial charge is 0.368 e. The van der Waals surface area contributed by atoms with Crippen molar-refractivity contribution in [1.29, 1.82) is 0 Å². The zero-order valence-corrected chi connectivity index (χ0v) is 12.1. The van der Waals surface area contributed by atoms with Crippen molar-refractivity contribution in [3.8, 4) is 0 Å². The van der Waals surface area contributed by atoms with Gasteiger partial charge in [0, 0.05) is 31.5 Å². The molecule has 0 amide bonds. The molecular weight excluding hydrogens is 293 g/mol. The molecule has 1 fully saturated rings. The number of hydrogen-bond donors (Lipinski definition) is 1. The predicted octanol–water partition coefficient (Wildman–Crippen LogP) is 2.82. The summed E-state index contributed by atoms with van der Waals surface area (Å²) in [7, 11) is 0. The molecule has 0 bridgehead atoms. The minimum atomic E-state index is -4.45. The molecule has 2 heterocycles. The van der Waals surface area contributed by atoms with Crippen LogP contribution < -0.4 is 10.6 Å². The normalized spacial score (nSPS) is 23.0. The number of nitrogens with zero attached hydrogens (tertiary/aromatic N) is 3. The fraction of sp³-hybridized carbons (Fsp3) is 0.467. The van der Waals surface area contributed by atoms with Crippen LogP contribution in [0.2, 0.25) is 0 Å². The second kappa shape index (κ2) is 5.39. The second-order valence-corrected chi connectivity index (χ2v) is 5.89. The van der Waals surface area contributed by atoms with E-state index in [1.807, 2.05) is 4.90 Å². The number of halogens is 3. The van der Waals surface area contributed by atoms with E-state index in [0.29, 0.717) is 18.2 Å². The summed E-state index contributed by atoms with van der Waals surface area (Å²) in [4.78, 5) is 10.0. The lowest BCUT2D eigenvalue weighted by molar-refractivity contribution is -0.136. The Kier molecular flexibility index (Phi) is 3.68. The maximum absolute atomic E-state index is 13.1. The van der Waals surface area contributed by atoms with Crippen molar-refractivity contribution in [2.45, 2.75) is 25.6 Å². The molecule has 1 aromatic heterocycles. The van der Waals surface area contributed by atoms with Crippen molar-refractivity contribution in [3.05, 3.63) is 30.1 Å². The largest absolute Gasteiger partial charge is 0.418 e. The number of nitrogens with two attached hydrogens (primary N) is 1. The monoisotopic (exact) mass is 310 g/mol. The standard InChI is InChI=1S/C15H17F3N4/c1-9-6-10(19)8-22(7-9)12-3-2-11(15(16,17)18)13-14(12)21-5-4-20-13/h2-5,9-10H,6-8,19H2,1H3/t9-,10?/m1/s1. The molecule has 0 spiro atoms. The van der Waals surface area contributed by atoms with E-state index >= 15 is 0 Å². The molecule has 2 N–H and O–H groups in total. The first-order chi connectivity index (χ1) is 10.4. The van der Waals surface area contributed by atoms with Crippen LogP contribution in [0, 0.1) is 5.92 Å². The number of fused-ring (bicyclic) bond motifs is 1. The fourth-order valence-electron chi connectivity index (χ4n) is 3.12. The van der Waals surface area contributed by atoms with Crippen molar-refractivity contribution < 1.29 is 13.2 Å². The molecule has 0 radical (unpaired) electrons. The van der Waals surface area contributed by atoms with E-state index in [-0.39, 0.29) is 17.1 Å². The van der Waals surface area contributed by atoms with E-state index in [2.05, 4.69) is 16.9 Å². The fourth-order valence-corrected chi connectivity index (χ4v) is 3.12. The van der Waals surface area contributed by atoms with Crippen LogP contribution in [0.4, 0.5) is 18.9 Å². The van der Waals surface area contributed by atoms with Crippen molar-refractivity contribution >= 4 is 16.7 Å². The molecule has 0 aliphatic carbocycles. The van der Waals surface area contributed by atoms with Gasteiger partial charge in [-0.2, -0.15) is 13.2 Å². The Morgan fingerprint density at radius 3 is 2.45 bits per heavy atom. The van der Waals surface area contributed by atoms with E-state index < -0.39 is 11.7 Å². The van der Waals surface area contributed by atoms with Crippen LogP contribution in [-0.2, 0) is 6.18 Å². The van der Waals surface area contributed by atoms with Crippen LogP contribution in [0.3, 0.4) is 0 Å². The quantitative estimate of drug-likeness (QED) is 0.880. The molecule has 2 atom stereocenters. The van der Waals surface area contributed by atoms with Gasteiger partial charge in [-0.25, -0.2) is 0 Å². The third-order valence-corrected chi connectivity index (χ3v) is 3.94. The van der Waals surface area contributed by atoms with E-state index in [1.54, 1.807) is 0 Å². The van der Waals surface area contributed by atoms with E-state index in [0.717, 1.165) is 19.0 Å². The number of hydrogen-bond acceptors (Lipinski definition) is 4. The van der Waals surface area contributed by atoms with Gasteiger partial charge < -0.3 is 10.6 Å². The molecular formula is C15H17F3N4. The second-order valence-electron chi connectivity index (χ2n) is 5.89. The average Bonchev–Trinajstić information content (AvgIpc) is 2.44. The zero-order valence-electron chi connectivity index (χ0n) is 12.1. The van der Waals surface area contributed by atoms with Gasteiger partial charge in [-0.3, -0.25) is 9.97 Å². The summed E-state index contributed by atoms with van der Waals surface area (Å²) in [6.07, 6.45) is -0.829. The topological polar surface area (TPSA) is 55.0 Å². The minimum absolute atomic E-state index is 0.0118. The summed E-state index contributed by atoms with van der Waals surface area (Å²) in [5.41, 5.74) is 6.11. The van der Waals surface area contributed by atoms with Crippen molar-refractivity contribution in [2.24, 2.45) is 11.7 Å². The van der Waals surface area contributed by atoms with Gasteiger partial charge in [0.2, 0.25) is 0 Å². The Morgan fingerprint density at radius 1 is 1.14 bits per heavy atom. The van der Waals surface area contributed by atoms with Gasteiger partial charge >= 0.3 is 6.18 Å². The Labute approximate surface area is 126 Å². The molecule has 1 aliphatic heterocycles. The van der Waals surface area contributed by atoms with Crippen LogP contribution in [0.25, 0.3) is 11.0 Å². The molecule has 2 aromatic rings. The van der Waals surface area contributed by atoms with Gasteiger partial charge in [0.15, 0.2) is 0 Å². The van der Waals surface area contributed by atoms with Crippen LogP contribution in [-0.4, -0.2) is 29.1 Å². The molecule has 22 heavy (non-hydrogen) atoms. The lowest BCUT2D eigenvalue weighted by Gasteiger charge is -2.36. The molecule has 1 aliphatic rings. The summed E-state index contributed by atoms with van der Waals surface area (Å²) < 4.78 is 39.3. The zero-order chi connectivity index (χ0) is 15.9. The maximum atomic E-state index is 13.1. The molecule has 7 heteroatoms. The van der Waals surface area contributed by atoms with E-state index in [4.69, 9.17) is 5.73 Å². The van der Waals surface area contributed by atoms with Crippen molar-refractivity contribution in [1.82, 2.24) is 9.97 Å². The molecule has 4 nitrogen and oxygen atoms in total. The summed E-state index contributed by atoms with van der Waals surface area (Å²) in [6.45, 7) is 3.45. The predicted molar refractivity (Wildman–Crippen MR) is 78.5 cm³/mol. The number of piperidine rings is 1. The lowest BCUT2D eigenvalue weighted by atomic mass is 9.95. The highest BCUT2D eigenvalue weighted by atomic mass is 19.4. The Morgan fingerprint density at radius 2 is 1.82 bits per heavy atom. The minimum Gasteiger partial charge on any atom is -0.368 e. The number of anilines is 1. The SMILES string of the molecule is C[C@@H]1CC(N)CN(c2ccc(C(F)(F)F)c3nccnc23)C1. The third kappa shape index (κ3) is 2.72. The van der Waals surface area contributed by atoms with Crippen LogP contribution in [0.5, 0.6) is 0 Å². The van der Waals surface area contributed by atoms with Crippen molar-refractivity contribution in [3.63, 3.8) is 0 Å². The van der Waals surface area contributed by atoms with Crippen LogP contribution in [0.1, 0.15) is 18.9 Å². The summed E-state index contributed by atoms with van der Waals surface area (Å²) in [6, 6.07) is 2.57. The molecule has 118 valence electrons. The lowest BCUT2D eigenvalue weighted by Crippen LogP contribution is -2.46. The number of aromatic nitrogens is 2. The van der Waals surface area contributed by atoms with E-state index in [1.165, 1.54) is 18.5 Å². The highest BCUT2D eigenvalue weighted by Gasteiger charge is 2.35. The summed E-state index contributed by atoms with van der Waals surface area (Å²) in [5, 5.41) is 0. The first kappa shape index (κ1) is 15.0. The Hall–Kier alpha value is -1.89. The first-order valence-electron chi connectivity index (χ1n) is 7.17. The van der Waals surface area contributed by atoms with Gasteiger partial charge in [0.05, 0.1) is 11.3 Å². The average molecular weight is 310 g/mol. The van der Waals surface area contributed by atoms with E-state index in [9.17, 15) is 13.2 Å². The number of rotatable bonds is 1. The van der Waals surface area contributed by atoms with Crippen LogP contribution in [0.15, 0.2) is 24.5 Å². The number of benzene rings is 1. The van der Waals surface area contributed by atoms with Crippen LogP contribution >= 0.6 is 0 Å². The maximum Gasteiger partial charge on any atom is 0.418 e. The van der Waals surface area contributed by atoms with Gasteiger partial charge in [-0.1, -0.05) is 6.92 Å². The Balaban J connectivity index is 2.12. The molecule has 1 unspecified atom stereocenters. The summed E-state index contributed by atoms with van der Waals surface area (Å²) >= 11 is 0. The van der Waals surface area contributed by atoms with Gasteiger partial charge in [-0.05, 0) is 24.5 Å². The van der Waals surface area contributed by atoms with Gasteiger partial charge in [0.25, 0.3) is 0 Å². The summed E-state index contributed by atoms with van der Waals surface area (Å²) in [5.74, 6) is 0.387. The third-order valence-electron chi connectivity index (χ3n) is 3.94. The Bertz CT molecular complexity index is 676. The highest BCUT2D eigenvalue weighted by molar-refractivity contribution is 5.90. The number of alkyl halides is 3. The van der Waals surface area contributed by atoms with Gasteiger partial charge in [0.1, 0.15) is 11.0 Å². The molecule has 0 saturated carbocycles.